The molecule has 0 radical (unpaired) electrons. The first kappa shape index (κ1) is 7.81. The number of hydrogen-bond acceptors (Lipinski definition) is 2. The van der Waals surface area contributed by atoms with Crippen molar-refractivity contribution in [2.75, 3.05) is 0 Å². The maximum Gasteiger partial charge on any atom is 0.104 e. The molecule has 1 aromatic rings. The van der Waals surface area contributed by atoms with Gasteiger partial charge in [0.1, 0.15) is 4.60 Å². The van der Waals surface area contributed by atoms with Crippen LogP contribution < -0.4 is 0 Å². The molecular weight excluding hydrogens is 218 g/mol. The number of hydrogen-bond donors (Lipinski definition) is 0. The monoisotopic (exact) mass is 225 g/mol. The first-order valence-electron chi connectivity index (χ1n) is 3.92. The molecule has 1 saturated carbocycles. The molecule has 0 bridgehead atoms. The van der Waals surface area contributed by atoms with Gasteiger partial charge in [-0.2, -0.15) is 10.4 Å². The summed E-state index contributed by atoms with van der Waals surface area (Å²) in [7, 11) is 0. The molecule has 12 heavy (non-hydrogen) atoms. The Labute approximate surface area is 79.1 Å². The van der Waals surface area contributed by atoms with Gasteiger partial charge in [-0.05, 0) is 34.8 Å². The summed E-state index contributed by atoms with van der Waals surface area (Å²) >= 11 is 3.42. The predicted octanol–water partition coefficient (Wildman–Crippen LogP) is 2.05. The highest BCUT2D eigenvalue weighted by molar-refractivity contribution is 9.10. The van der Waals surface area contributed by atoms with E-state index in [1.165, 1.54) is 12.8 Å². The molecule has 0 N–H and O–H groups in total. The predicted molar refractivity (Wildman–Crippen MR) is 47.5 cm³/mol. The lowest BCUT2D eigenvalue weighted by molar-refractivity contribution is 0.620. The summed E-state index contributed by atoms with van der Waals surface area (Å²) in [4.78, 5) is 0. The largest absolute Gasteiger partial charge is 0.255 e. The number of nitrogens with zero attached hydrogens (tertiary/aromatic N) is 3. The zero-order valence-corrected chi connectivity index (χ0v) is 8.08. The van der Waals surface area contributed by atoms with Gasteiger partial charge >= 0.3 is 0 Å². The third kappa shape index (κ3) is 1.37. The van der Waals surface area contributed by atoms with Crippen LogP contribution >= 0.6 is 15.9 Å². The van der Waals surface area contributed by atoms with Crippen LogP contribution in [0.15, 0.2) is 10.7 Å². The fourth-order valence-corrected chi connectivity index (χ4v) is 1.79. The third-order valence-corrected chi connectivity index (χ3v) is 2.49. The minimum Gasteiger partial charge on any atom is -0.255 e. The smallest absolute Gasteiger partial charge is 0.104 e. The Morgan fingerprint density at radius 1 is 1.75 bits per heavy atom. The summed E-state index contributed by atoms with van der Waals surface area (Å²) in [5, 5.41) is 12.8. The highest BCUT2D eigenvalue weighted by Gasteiger charge is 2.26. The van der Waals surface area contributed by atoms with Crippen molar-refractivity contribution in [3.63, 3.8) is 0 Å². The maximum absolute atomic E-state index is 8.46. The van der Waals surface area contributed by atoms with Gasteiger partial charge in [-0.3, -0.25) is 4.68 Å². The molecule has 1 fully saturated rings. The highest BCUT2D eigenvalue weighted by atomic mass is 79.9. The van der Waals surface area contributed by atoms with Crippen LogP contribution in [0, 0.1) is 11.3 Å². The Hall–Kier alpha value is -0.820. The van der Waals surface area contributed by atoms with Crippen LogP contribution in [0.25, 0.3) is 0 Å². The summed E-state index contributed by atoms with van der Waals surface area (Å²) in [5.74, 6) is 0. The van der Waals surface area contributed by atoms with Crippen LogP contribution in [-0.2, 0) is 6.42 Å². The van der Waals surface area contributed by atoms with E-state index in [1.807, 2.05) is 10.7 Å². The number of aromatic nitrogens is 2. The van der Waals surface area contributed by atoms with E-state index in [0.717, 1.165) is 10.3 Å². The van der Waals surface area contributed by atoms with Crippen molar-refractivity contribution < 1.29 is 0 Å². The van der Waals surface area contributed by atoms with Gasteiger partial charge in [0.25, 0.3) is 0 Å². The standard InChI is InChI=1S/C8H8BrN3/c9-8-5-6(3-4-10)11-12(8)7-1-2-7/h5,7H,1-3H2. The van der Waals surface area contributed by atoms with E-state index < -0.39 is 0 Å². The Morgan fingerprint density at radius 3 is 3.08 bits per heavy atom. The summed E-state index contributed by atoms with van der Waals surface area (Å²) < 4.78 is 2.96. The first-order valence-corrected chi connectivity index (χ1v) is 4.71. The van der Waals surface area contributed by atoms with Crippen molar-refractivity contribution in [2.45, 2.75) is 25.3 Å². The van der Waals surface area contributed by atoms with Crippen LogP contribution in [-0.4, -0.2) is 9.78 Å². The van der Waals surface area contributed by atoms with E-state index in [9.17, 15) is 0 Å². The molecule has 62 valence electrons. The van der Waals surface area contributed by atoms with E-state index in [4.69, 9.17) is 5.26 Å². The van der Waals surface area contributed by atoms with Gasteiger partial charge in [0.2, 0.25) is 0 Å². The molecule has 4 heteroatoms. The van der Waals surface area contributed by atoms with E-state index in [2.05, 4.69) is 27.1 Å². The summed E-state index contributed by atoms with van der Waals surface area (Å²) in [5.41, 5.74) is 0.858. The molecule has 1 aromatic heterocycles. The van der Waals surface area contributed by atoms with Crippen LogP contribution in [0.1, 0.15) is 24.6 Å². The topological polar surface area (TPSA) is 41.6 Å². The zero-order valence-electron chi connectivity index (χ0n) is 6.50. The molecule has 1 heterocycles. The third-order valence-electron chi connectivity index (χ3n) is 1.89. The minimum atomic E-state index is 0.401. The fraction of sp³-hybridized carbons (Fsp3) is 0.500. The molecule has 0 spiro atoms. The minimum absolute atomic E-state index is 0.401. The van der Waals surface area contributed by atoms with Crippen molar-refractivity contribution in [2.24, 2.45) is 0 Å². The van der Waals surface area contributed by atoms with Crippen molar-refractivity contribution in [3.05, 3.63) is 16.4 Å². The second-order valence-corrected chi connectivity index (χ2v) is 3.78. The van der Waals surface area contributed by atoms with Gasteiger partial charge < -0.3 is 0 Å². The average Bonchev–Trinajstić information content (AvgIpc) is 2.79. The second kappa shape index (κ2) is 2.91. The SMILES string of the molecule is N#CCc1cc(Br)n(C2CC2)n1. The van der Waals surface area contributed by atoms with E-state index in [1.54, 1.807) is 0 Å². The fourth-order valence-electron chi connectivity index (χ4n) is 1.16. The average molecular weight is 226 g/mol. The van der Waals surface area contributed by atoms with Crippen molar-refractivity contribution >= 4 is 15.9 Å². The molecule has 0 saturated heterocycles. The first-order chi connectivity index (χ1) is 5.81. The van der Waals surface area contributed by atoms with Crippen molar-refractivity contribution in [3.8, 4) is 6.07 Å². The molecule has 0 aliphatic heterocycles. The van der Waals surface area contributed by atoms with Crippen LogP contribution in [0.2, 0.25) is 0 Å². The summed E-state index contributed by atoms with van der Waals surface area (Å²) in [6.45, 7) is 0. The molecule has 0 aromatic carbocycles. The number of nitriles is 1. The molecule has 1 aliphatic rings. The van der Waals surface area contributed by atoms with Crippen LogP contribution in [0.3, 0.4) is 0 Å². The van der Waals surface area contributed by atoms with Gasteiger partial charge in [0.15, 0.2) is 0 Å². The van der Waals surface area contributed by atoms with E-state index in [-0.39, 0.29) is 0 Å². The molecular formula is C8H8BrN3. The van der Waals surface area contributed by atoms with Gasteiger partial charge in [0.05, 0.1) is 24.2 Å². The lowest BCUT2D eigenvalue weighted by atomic mass is 10.3. The van der Waals surface area contributed by atoms with Crippen molar-refractivity contribution in [1.29, 1.82) is 5.26 Å². The second-order valence-electron chi connectivity index (χ2n) is 2.97. The zero-order chi connectivity index (χ0) is 8.55. The normalized spacial score (nSPS) is 16.0. The Kier molecular flexibility index (Phi) is 1.89. The molecule has 2 rings (SSSR count). The molecule has 1 aliphatic carbocycles. The molecule has 0 unspecified atom stereocenters. The molecule has 0 amide bonds. The summed E-state index contributed by atoms with van der Waals surface area (Å²) in [6.07, 6.45) is 2.83. The van der Waals surface area contributed by atoms with E-state index >= 15 is 0 Å². The Balaban J connectivity index is 2.25. The number of halogens is 1. The quantitative estimate of drug-likeness (QED) is 0.774. The molecule has 0 atom stereocenters. The Bertz CT molecular complexity index is 333. The molecule has 3 nitrogen and oxygen atoms in total. The Morgan fingerprint density at radius 2 is 2.50 bits per heavy atom. The van der Waals surface area contributed by atoms with Gasteiger partial charge in [-0.15, -0.1) is 0 Å². The highest BCUT2D eigenvalue weighted by Crippen LogP contribution is 2.36. The van der Waals surface area contributed by atoms with Gasteiger partial charge in [-0.1, -0.05) is 0 Å². The van der Waals surface area contributed by atoms with Crippen molar-refractivity contribution in [1.82, 2.24) is 9.78 Å². The van der Waals surface area contributed by atoms with Gasteiger partial charge in [0, 0.05) is 0 Å². The number of rotatable bonds is 2. The van der Waals surface area contributed by atoms with E-state index in [0.29, 0.717) is 12.5 Å². The maximum atomic E-state index is 8.46. The van der Waals surface area contributed by atoms with Gasteiger partial charge in [-0.25, -0.2) is 0 Å². The van der Waals surface area contributed by atoms with Crippen LogP contribution in [0.4, 0.5) is 0 Å². The lowest BCUT2D eigenvalue weighted by Gasteiger charge is -1.96. The lowest BCUT2D eigenvalue weighted by Crippen LogP contribution is -1.96. The summed E-state index contributed by atoms with van der Waals surface area (Å²) in [6, 6.07) is 4.58. The van der Waals surface area contributed by atoms with Crippen LogP contribution in [0.5, 0.6) is 0 Å².